The van der Waals surface area contributed by atoms with E-state index in [9.17, 15) is 5.26 Å². The molecule has 5 heteroatoms. The second-order valence-corrected chi connectivity index (χ2v) is 7.97. The van der Waals surface area contributed by atoms with Crippen LogP contribution in [0.1, 0.15) is 56.8 Å². The number of rotatable bonds is 6. The van der Waals surface area contributed by atoms with Crippen LogP contribution in [-0.2, 0) is 6.54 Å². The zero-order valence-corrected chi connectivity index (χ0v) is 17.3. The maximum absolute atomic E-state index is 9.37. The Hall–Kier alpha value is -2.87. The van der Waals surface area contributed by atoms with Crippen molar-refractivity contribution in [3.05, 3.63) is 41.9 Å². The van der Waals surface area contributed by atoms with Gasteiger partial charge in [0.05, 0.1) is 12.3 Å². The molecule has 1 saturated carbocycles. The second kappa shape index (κ2) is 8.65. The van der Waals surface area contributed by atoms with Crippen molar-refractivity contribution in [1.29, 1.82) is 5.26 Å². The van der Waals surface area contributed by atoms with Crippen LogP contribution >= 0.6 is 0 Å². The van der Waals surface area contributed by atoms with Gasteiger partial charge in [-0.15, -0.1) is 0 Å². The van der Waals surface area contributed by atoms with Crippen LogP contribution in [0.25, 0.3) is 22.3 Å². The number of hydrogen-bond donors (Lipinski definition) is 0. The molecule has 0 unspecified atom stereocenters. The van der Waals surface area contributed by atoms with E-state index < -0.39 is 0 Å². The van der Waals surface area contributed by atoms with Gasteiger partial charge < -0.3 is 9.30 Å². The summed E-state index contributed by atoms with van der Waals surface area (Å²) in [7, 11) is 0. The molecule has 0 saturated heterocycles. The van der Waals surface area contributed by atoms with E-state index in [2.05, 4.69) is 36.0 Å². The summed E-state index contributed by atoms with van der Waals surface area (Å²) in [5.74, 6) is 1.96. The monoisotopic (exact) mass is 388 g/mol. The Bertz CT molecular complexity index is 1040. The highest BCUT2D eigenvalue weighted by molar-refractivity contribution is 5.91. The van der Waals surface area contributed by atoms with Crippen LogP contribution in [0.2, 0.25) is 0 Å². The minimum atomic E-state index is 0.200. The Morgan fingerprint density at radius 3 is 2.72 bits per heavy atom. The molecule has 0 N–H and O–H groups in total. The maximum atomic E-state index is 9.37. The lowest BCUT2D eigenvalue weighted by Gasteiger charge is -2.21. The van der Waals surface area contributed by atoms with Gasteiger partial charge in [0.25, 0.3) is 0 Å². The van der Waals surface area contributed by atoms with E-state index in [0.29, 0.717) is 0 Å². The lowest BCUT2D eigenvalue weighted by Crippen LogP contribution is -2.11. The molecular weight excluding hydrogens is 360 g/mol. The highest BCUT2D eigenvalue weighted by Gasteiger charge is 2.15. The first-order valence-electron chi connectivity index (χ1n) is 10.7. The van der Waals surface area contributed by atoms with Gasteiger partial charge in [-0.25, -0.2) is 9.97 Å². The van der Waals surface area contributed by atoms with Gasteiger partial charge in [-0.2, -0.15) is 5.26 Å². The third-order valence-electron chi connectivity index (χ3n) is 6.02. The fraction of sp³-hybridized carbons (Fsp3) is 0.458. The molecule has 4 rings (SSSR count). The fourth-order valence-corrected chi connectivity index (χ4v) is 4.36. The summed E-state index contributed by atoms with van der Waals surface area (Å²) in [6.07, 6.45) is 9.98. The summed E-state index contributed by atoms with van der Waals surface area (Å²) in [6, 6.07) is 10.3. The van der Waals surface area contributed by atoms with Gasteiger partial charge in [0.1, 0.15) is 17.5 Å². The molecule has 5 nitrogen and oxygen atoms in total. The van der Waals surface area contributed by atoms with Crippen LogP contribution in [0.5, 0.6) is 5.75 Å². The van der Waals surface area contributed by atoms with Crippen LogP contribution in [0.3, 0.4) is 0 Å². The quantitative estimate of drug-likeness (QED) is 0.547. The van der Waals surface area contributed by atoms with E-state index in [-0.39, 0.29) is 5.82 Å². The number of aryl methyl sites for hydroxylation is 2. The third-order valence-corrected chi connectivity index (χ3v) is 6.02. The first-order valence-corrected chi connectivity index (χ1v) is 10.7. The fourth-order valence-electron chi connectivity index (χ4n) is 4.36. The minimum Gasteiger partial charge on any atom is -0.493 e. The average molecular weight is 389 g/mol. The summed E-state index contributed by atoms with van der Waals surface area (Å²) in [5, 5.41) is 10.3. The van der Waals surface area contributed by atoms with Gasteiger partial charge in [0.2, 0.25) is 5.82 Å². The van der Waals surface area contributed by atoms with Gasteiger partial charge in [-0.3, -0.25) is 0 Å². The number of hydrogen-bond acceptors (Lipinski definition) is 4. The Morgan fingerprint density at radius 1 is 1.17 bits per heavy atom. The Labute approximate surface area is 172 Å². The number of benzene rings is 1. The molecule has 150 valence electrons. The zero-order chi connectivity index (χ0) is 20.2. The largest absolute Gasteiger partial charge is 0.493 e. The van der Waals surface area contributed by atoms with E-state index in [1.54, 1.807) is 0 Å². The molecule has 0 atom stereocenters. The highest BCUT2D eigenvalue weighted by atomic mass is 16.5. The normalized spacial score (nSPS) is 14.8. The molecule has 1 fully saturated rings. The predicted molar refractivity (Wildman–Crippen MR) is 115 cm³/mol. The van der Waals surface area contributed by atoms with Gasteiger partial charge in [-0.1, -0.05) is 32.1 Å². The van der Waals surface area contributed by atoms with Crippen molar-refractivity contribution >= 4 is 11.0 Å². The molecule has 0 aliphatic heterocycles. The summed E-state index contributed by atoms with van der Waals surface area (Å²) in [5.41, 5.74) is 3.68. The van der Waals surface area contributed by atoms with Gasteiger partial charge in [-0.05, 0) is 56.0 Å². The molecule has 2 heterocycles. The molecule has 0 bridgehead atoms. The Morgan fingerprint density at radius 2 is 2.00 bits per heavy atom. The zero-order valence-electron chi connectivity index (χ0n) is 17.3. The second-order valence-electron chi connectivity index (χ2n) is 7.97. The molecule has 1 aliphatic carbocycles. The van der Waals surface area contributed by atoms with E-state index in [4.69, 9.17) is 4.74 Å². The van der Waals surface area contributed by atoms with Crippen LogP contribution in [0.15, 0.2) is 30.5 Å². The average Bonchev–Trinajstić information content (AvgIpc) is 3.18. The van der Waals surface area contributed by atoms with E-state index in [1.807, 2.05) is 29.0 Å². The molecule has 0 amide bonds. The lowest BCUT2D eigenvalue weighted by molar-refractivity contribution is 0.245. The lowest BCUT2D eigenvalue weighted by atomic mass is 9.87. The Balaban J connectivity index is 1.56. The van der Waals surface area contributed by atoms with Crippen molar-refractivity contribution < 1.29 is 4.74 Å². The number of nitriles is 1. The third kappa shape index (κ3) is 4.12. The van der Waals surface area contributed by atoms with Crippen molar-refractivity contribution in [2.75, 3.05) is 6.61 Å². The molecule has 0 spiro atoms. The van der Waals surface area contributed by atoms with E-state index in [0.717, 1.165) is 59.1 Å². The summed E-state index contributed by atoms with van der Waals surface area (Å²) in [6.45, 7) is 5.72. The summed E-state index contributed by atoms with van der Waals surface area (Å²) >= 11 is 0. The van der Waals surface area contributed by atoms with Crippen LogP contribution in [0, 0.1) is 24.2 Å². The van der Waals surface area contributed by atoms with Crippen molar-refractivity contribution in [3.8, 4) is 23.1 Å². The minimum absolute atomic E-state index is 0.200. The van der Waals surface area contributed by atoms with Crippen molar-refractivity contribution in [3.63, 3.8) is 0 Å². The van der Waals surface area contributed by atoms with Gasteiger partial charge >= 0.3 is 0 Å². The molecule has 1 aromatic carbocycles. The number of ether oxygens (including phenoxy) is 1. The smallest absolute Gasteiger partial charge is 0.234 e. The van der Waals surface area contributed by atoms with E-state index >= 15 is 0 Å². The predicted octanol–water partition coefficient (Wildman–Crippen LogP) is 5.65. The molecule has 29 heavy (non-hydrogen) atoms. The van der Waals surface area contributed by atoms with Gasteiger partial charge in [0.15, 0.2) is 0 Å². The topological polar surface area (TPSA) is 63.7 Å². The van der Waals surface area contributed by atoms with Crippen LogP contribution in [0.4, 0.5) is 0 Å². The summed E-state index contributed by atoms with van der Waals surface area (Å²) < 4.78 is 8.13. The SMILES string of the molecule is CCn1ccc2c(-c3ccc(OCCC4CCCCC4)c(C)c3)nc(C#N)nc21. The summed E-state index contributed by atoms with van der Waals surface area (Å²) in [4.78, 5) is 8.91. The van der Waals surface area contributed by atoms with Crippen LogP contribution in [-0.4, -0.2) is 21.1 Å². The number of fused-ring (bicyclic) bond motifs is 1. The van der Waals surface area contributed by atoms with Crippen molar-refractivity contribution in [2.24, 2.45) is 5.92 Å². The molecular formula is C24H28N4O. The number of nitrogens with zero attached hydrogens (tertiary/aromatic N) is 4. The first-order chi connectivity index (χ1) is 14.2. The van der Waals surface area contributed by atoms with E-state index in [1.165, 1.54) is 32.1 Å². The molecule has 0 radical (unpaired) electrons. The first kappa shape index (κ1) is 19.4. The maximum Gasteiger partial charge on any atom is 0.234 e. The van der Waals surface area contributed by atoms with Crippen LogP contribution < -0.4 is 4.74 Å². The standard InChI is InChI=1S/C24H28N4O/c1-3-28-13-11-20-23(26-22(16-25)27-24(20)28)19-9-10-21(17(2)15-19)29-14-12-18-7-5-4-6-8-18/h9-11,13,15,18H,3-8,12,14H2,1-2H3. The molecule has 2 aromatic heterocycles. The van der Waals surface area contributed by atoms with Crippen molar-refractivity contribution in [1.82, 2.24) is 14.5 Å². The number of aromatic nitrogens is 3. The van der Waals surface area contributed by atoms with Gasteiger partial charge in [0, 0.05) is 23.7 Å². The molecule has 1 aliphatic rings. The highest BCUT2D eigenvalue weighted by Crippen LogP contribution is 2.31. The van der Waals surface area contributed by atoms with Crippen molar-refractivity contribution in [2.45, 2.75) is 58.9 Å². The Kier molecular flexibility index (Phi) is 5.80. The molecule has 3 aromatic rings.